The van der Waals surface area contributed by atoms with E-state index in [0.29, 0.717) is 6.29 Å². The van der Waals surface area contributed by atoms with E-state index in [2.05, 4.69) is 0 Å². The Bertz CT molecular complexity index is 1010. The molecule has 0 aliphatic heterocycles. The Balaban J connectivity index is 1.99. The normalized spacial score (nSPS) is 19.8. The van der Waals surface area contributed by atoms with Gasteiger partial charge in [-0.15, -0.1) is 0 Å². The van der Waals surface area contributed by atoms with Crippen molar-refractivity contribution in [2.75, 3.05) is 6.61 Å². The van der Waals surface area contributed by atoms with E-state index in [9.17, 15) is 28.5 Å². The minimum Gasteiger partial charge on any atom is -0.485 e. The van der Waals surface area contributed by atoms with Crippen LogP contribution in [0.4, 0.5) is 14.5 Å². The van der Waals surface area contributed by atoms with Gasteiger partial charge in [-0.1, -0.05) is 17.7 Å². The van der Waals surface area contributed by atoms with Crippen molar-refractivity contribution in [1.29, 1.82) is 0 Å². The van der Waals surface area contributed by atoms with Crippen LogP contribution < -0.4 is 4.74 Å². The summed E-state index contributed by atoms with van der Waals surface area (Å²) in [4.78, 5) is 33.4. The van der Waals surface area contributed by atoms with Gasteiger partial charge in [0.25, 0.3) is 5.92 Å². The molecule has 0 saturated heterocycles. The van der Waals surface area contributed by atoms with Crippen LogP contribution in [-0.2, 0) is 16.1 Å². The van der Waals surface area contributed by atoms with Crippen molar-refractivity contribution >= 4 is 29.5 Å². The molecule has 1 N–H and O–H groups in total. The van der Waals surface area contributed by atoms with Crippen LogP contribution >= 0.6 is 11.6 Å². The first kappa shape index (κ1) is 20.7. The van der Waals surface area contributed by atoms with E-state index in [-0.39, 0.29) is 33.9 Å². The van der Waals surface area contributed by atoms with Gasteiger partial charge in [0.05, 0.1) is 15.9 Å². The molecule has 0 saturated carbocycles. The van der Waals surface area contributed by atoms with Crippen LogP contribution in [0.3, 0.4) is 0 Å². The van der Waals surface area contributed by atoms with Crippen LogP contribution in [-0.4, -0.2) is 28.9 Å². The van der Waals surface area contributed by atoms with Crippen LogP contribution in [0.1, 0.15) is 34.3 Å². The van der Waals surface area contributed by atoms with Gasteiger partial charge < -0.3 is 14.6 Å². The Morgan fingerprint density at radius 2 is 1.97 bits per heavy atom. The Hall–Kier alpha value is -3.07. The maximum absolute atomic E-state index is 14.3. The molecule has 0 amide bonds. The highest BCUT2D eigenvalue weighted by Crippen LogP contribution is 2.48. The van der Waals surface area contributed by atoms with Crippen LogP contribution in [0, 0.1) is 10.1 Å². The van der Waals surface area contributed by atoms with E-state index in [1.165, 1.54) is 12.1 Å². The minimum absolute atomic E-state index is 0.0398. The second kappa shape index (κ2) is 7.40. The number of hydrogen-bond acceptors (Lipinski definition) is 5. The standard InChI is InChI=1S/C19H14ClF2NO6/c20-12-2-3-13-14(8-12)19(21,22)6-5-18(13,9-24)10-29-16-4-1-11(17(25)26)7-15(16)23(27)28/h1-4,7-9H,5-6,10H2,(H,25,26). The third-order valence-electron chi connectivity index (χ3n) is 4.91. The smallest absolute Gasteiger partial charge is 0.335 e. The average molecular weight is 426 g/mol. The van der Waals surface area contributed by atoms with Crippen molar-refractivity contribution < 1.29 is 33.1 Å². The maximum atomic E-state index is 14.3. The maximum Gasteiger partial charge on any atom is 0.335 e. The second-order valence-electron chi connectivity index (χ2n) is 6.70. The molecule has 0 heterocycles. The number of alkyl halides is 2. The zero-order chi connectivity index (χ0) is 21.4. The largest absolute Gasteiger partial charge is 0.485 e. The lowest BCUT2D eigenvalue weighted by atomic mass is 9.70. The number of benzene rings is 2. The van der Waals surface area contributed by atoms with Crippen LogP contribution in [0.2, 0.25) is 5.02 Å². The molecule has 1 aliphatic carbocycles. The minimum atomic E-state index is -3.18. The lowest BCUT2D eigenvalue weighted by Gasteiger charge is -2.38. The van der Waals surface area contributed by atoms with Gasteiger partial charge in [-0.3, -0.25) is 10.1 Å². The number of carbonyl (C=O) groups is 2. The molecule has 10 heteroatoms. The fourth-order valence-electron chi connectivity index (χ4n) is 3.33. The fraction of sp³-hybridized carbons (Fsp3) is 0.263. The predicted molar refractivity (Wildman–Crippen MR) is 97.9 cm³/mol. The molecule has 0 bridgehead atoms. The van der Waals surface area contributed by atoms with E-state index in [0.717, 1.165) is 24.3 Å². The highest BCUT2D eigenvalue weighted by Gasteiger charge is 2.48. The lowest BCUT2D eigenvalue weighted by molar-refractivity contribution is -0.386. The summed E-state index contributed by atoms with van der Waals surface area (Å²) < 4.78 is 34.2. The highest BCUT2D eigenvalue weighted by atomic mass is 35.5. The summed E-state index contributed by atoms with van der Waals surface area (Å²) in [5.74, 6) is -4.81. The van der Waals surface area contributed by atoms with E-state index >= 15 is 0 Å². The van der Waals surface area contributed by atoms with Gasteiger partial charge in [0, 0.05) is 23.1 Å². The Kier molecular flexibility index (Phi) is 5.27. The first-order valence-electron chi connectivity index (χ1n) is 8.39. The van der Waals surface area contributed by atoms with Gasteiger partial charge in [0.1, 0.15) is 12.9 Å². The van der Waals surface area contributed by atoms with Gasteiger partial charge in [0.15, 0.2) is 5.75 Å². The van der Waals surface area contributed by atoms with Crippen molar-refractivity contribution in [3.05, 3.63) is 68.2 Å². The number of ether oxygens (including phenoxy) is 1. The summed E-state index contributed by atoms with van der Waals surface area (Å²) in [5.41, 5.74) is -2.73. The molecule has 0 fully saturated rings. The Morgan fingerprint density at radius 3 is 2.59 bits per heavy atom. The van der Waals surface area contributed by atoms with E-state index in [1.807, 2.05) is 0 Å². The summed E-state index contributed by atoms with van der Waals surface area (Å²) in [5, 5.41) is 20.3. The van der Waals surface area contributed by atoms with Crippen molar-refractivity contribution in [3.8, 4) is 5.75 Å². The van der Waals surface area contributed by atoms with Crippen molar-refractivity contribution in [3.63, 3.8) is 0 Å². The monoisotopic (exact) mass is 425 g/mol. The fourth-order valence-corrected chi connectivity index (χ4v) is 3.50. The highest BCUT2D eigenvalue weighted by molar-refractivity contribution is 6.30. The van der Waals surface area contributed by atoms with Crippen LogP contribution in [0.25, 0.3) is 0 Å². The SMILES string of the molecule is O=CC1(COc2ccc(C(=O)O)cc2[N+](=O)[O-])CCC(F)(F)c2cc(Cl)ccc21. The number of hydrogen-bond donors (Lipinski definition) is 1. The lowest BCUT2D eigenvalue weighted by Crippen LogP contribution is -2.42. The van der Waals surface area contributed by atoms with Crippen LogP contribution in [0.5, 0.6) is 5.75 Å². The predicted octanol–water partition coefficient (Wildman–Crippen LogP) is 4.35. The number of aromatic carboxylic acids is 1. The zero-order valence-electron chi connectivity index (χ0n) is 14.7. The van der Waals surface area contributed by atoms with E-state index in [1.54, 1.807) is 0 Å². The zero-order valence-corrected chi connectivity index (χ0v) is 15.5. The number of rotatable bonds is 6. The summed E-state index contributed by atoms with van der Waals surface area (Å²) in [7, 11) is 0. The number of carboxylic acid groups (broad SMARTS) is 1. The molecule has 2 aromatic carbocycles. The van der Waals surface area contributed by atoms with Crippen molar-refractivity contribution in [1.82, 2.24) is 0 Å². The number of fused-ring (bicyclic) bond motifs is 1. The molecule has 2 aromatic rings. The average Bonchev–Trinajstić information content (AvgIpc) is 2.68. The van der Waals surface area contributed by atoms with E-state index < -0.39 is 40.9 Å². The third-order valence-corrected chi connectivity index (χ3v) is 5.15. The van der Waals surface area contributed by atoms with Gasteiger partial charge in [0.2, 0.25) is 0 Å². The van der Waals surface area contributed by atoms with Crippen molar-refractivity contribution in [2.45, 2.75) is 24.2 Å². The summed E-state index contributed by atoms with van der Waals surface area (Å²) in [6.07, 6.45) is -0.367. The Labute approximate surface area is 168 Å². The van der Waals surface area contributed by atoms with Crippen LogP contribution in [0.15, 0.2) is 36.4 Å². The van der Waals surface area contributed by atoms with Gasteiger partial charge in [-0.05, 0) is 36.2 Å². The molecule has 0 aromatic heterocycles. The van der Waals surface area contributed by atoms with Gasteiger partial charge in [-0.2, -0.15) is 0 Å². The molecular weight excluding hydrogens is 412 g/mol. The first-order valence-corrected chi connectivity index (χ1v) is 8.77. The molecule has 3 rings (SSSR count). The first-order chi connectivity index (χ1) is 13.6. The summed E-state index contributed by atoms with van der Waals surface area (Å²) in [6, 6.07) is 6.84. The molecule has 1 atom stereocenters. The summed E-state index contributed by atoms with van der Waals surface area (Å²) >= 11 is 5.83. The van der Waals surface area contributed by atoms with Crippen molar-refractivity contribution in [2.24, 2.45) is 0 Å². The number of halogens is 3. The number of nitrogens with zero attached hydrogens (tertiary/aromatic N) is 1. The molecule has 1 unspecified atom stereocenters. The third kappa shape index (κ3) is 3.77. The molecule has 1 aliphatic rings. The molecular formula is C19H14ClF2NO6. The topological polar surface area (TPSA) is 107 Å². The number of aldehydes is 1. The molecule has 152 valence electrons. The number of nitro groups is 1. The summed E-state index contributed by atoms with van der Waals surface area (Å²) in [6.45, 7) is -0.436. The molecule has 7 nitrogen and oxygen atoms in total. The quantitative estimate of drug-likeness (QED) is 0.419. The van der Waals surface area contributed by atoms with Gasteiger partial charge >= 0.3 is 11.7 Å². The molecule has 29 heavy (non-hydrogen) atoms. The van der Waals surface area contributed by atoms with E-state index in [4.69, 9.17) is 21.4 Å². The number of nitro benzene ring substituents is 1. The molecule has 0 spiro atoms. The number of carbonyl (C=O) groups excluding carboxylic acids is 1. The number of carboxylic acids is 1. The Morgan fingerprint density at radius 1 is 1.24 bits per heavy atom. The second-order valence-corrected chi connectivity index (χ2v) is 7.14. The van der Waals surface area contributed by atoms with Gasteiger partial charge in [-0.25, -0.2) is 13.6 Å². The molecule has 0 radical (unpaired) electrons.